The maximum absolute atomic E-state index is 12.8. The Kier molecular flexibility index (Phi) is 8.47. The second-order valence-electron chi connectivity index (χ2n) is 6.58. The van der Waals surface area contributed by atoms with Crippen LogP contribution in [0.1, 0.15) is 24.0 Å². The second kappa shape index (κ2) is 10.8. The zero-order chi connectivity index (χ0) is 20.4. The Morgan fingerprint density at radius 1 is 1.00 bits per heavy atom. The van der Waals surface area contributed by atoms with E-state index in [0.717, 1.165) is 23.8 Å². The molecule has 0 aliphatic carbocycles. The molecule has 0 aliphatic heterocycles. The van der Waals surface area contributed by atoms with Gasteiger partial charge in [-0.3, -0.25) is 4.79 Å². The number of rotatable bonds is 11. The number of hydrogen-bond acceptors (Lipinski definition) is 5. The van der Waals surface area contributed by atoms with Crippen LogP contribution in [0.3, 0.4) is 0 Å². The van der Waals surface area contributed by atoms with Gasteiger partial charge in [-0.25, -0.2) is 0 Å². The Labute approximate surface area is 167 Å². The summed E-state index contributed by atoms with van der Waals surface area (Å²) in [6.45, 7) is 1.64. The molecule has 0 fully saturated rings. The highest BCUT2D eigenvalue weighted by atomic mass is 32.2. The van der Waals surface area contributed by atoms with Crippen molar-refractivity contribution in [3.63, 3.8) is 0 Å². The largest absolute Gasteiger partial charge is 0.385 e. The van der Waals surface area contributed by atoms with Gasteiger partial charge in [-0.15, -0.1) is 0 Å². The van der Waals surface area contributed by atoms with E-state index in [9.17, 15) is 13.2 Å². The predicted molar refractivity (Wildman–Crippen MR) is 109 cm³/mol. The molecule has 0 atom stereocenters. The number of hydrogen-bond donors (Lipinski definition) is 0. The Morgan fingerprint density at radius 3 is 2.29 bits per heavy atom. The van der Waals surface area contributed by atoms with Gasteiger partial charge in [0.15, 0.2) is 0 Å². The van der Waals surface area contributed by atoms with Gasteiger partial charge in [-0.05, 0) is 36.1 Å². The standard InChI is InChI=1S/C21H27NO5S/c1-26-16-6-15-22(21(23)14-11-18-7-4-3-5-8-18)17-19-9-12-20(13-10-19)27-28(2,24)25/h3-5,7-10,12-13H,6,11,14-17H2,1-2H3. The average molecular weight is 406 g/mol. The summed E-state index contributed by atoms with van der Waals surface area (Å²) >= 11 is 0. The lowest BCUT2D eigenvalue weighted by atomic mass is 10.1. The number of carbonyl (C=O) groups excluding carboxylic acids is 1. The maximum atomic E-state index is 12.8. The molecule has 2 aromatic rings. The van der Waals surface area contributed by atoms with Gasteiger partial charge in [0.2, 0.25) is 5.91 Å². The topological polar surface area (TPSA) is 72.9 Å². The first-order chi connectivity index (χ1) is 13.4. The van der Waals surface area contributed by atoms with Gasteiger partial charge in [-0.2, -0.15) is 8.42 Å². The molecule has 2 aromatic carbocycles. The van der Waals surface area contributed by atoms with E-state index in [0.29, 0.717) is 32.5 Å². The summed E-state index contributed by atoms with van der Waals surface area (Å²) < 4.78 is 32.4. The van der Waals surface area contributed by atoms with Crippen LogP contribution in [0.5, 0.6) is 5.75 Å². The van der Waals surface area contributed by atoms with Crippen molar-refractivity contribution in [3.05, 3.63) is 65.7 Å². The van der Waals surface area contributed by atoms with Crippen LogP contribution in [0, 0.1) is 0 Å². The fourth-order valence-corrected chi connectivity index (χ4v) is 3.25. The molecule has 0 saturated carbocycles. The molecule has 0 saturated heterocycles. The van der Waals surface area contributed by atoms with Crippen molar-refractivity contribution in [2.75, 3.05) is 26.5 Å². The fraction of sp³-hybridized carbons (Fsp3) is 0.381. The number of nitrogens with zero attached hydrogens (tertiary/aromatic N) is 1. The van der Waals surface area contributed by atoms with Crippen molar-refractivity contribution in [2.45, 2.75) is 25.8 Å². The first kappa shape index (κ1) is 21.9. The zero-order valence-electron chi connectivity index (χ0n) is 16.3. The quantitative estimate of drug-likeness (QED) is 0.424. The highest BCUT2D eigenvalue weighted by Gasteiger charge is 2.14. The Hall–Kier alpha value is -2.38. The number of methoxy groups -OCH3 is 1. The number of aryl methyl sites for hydroxylation is 1. The predicted octanol–water partition coefficient (Wildman–Crippen LogP) is 3.02. The minimum absolute atomic E-state index is 0.0800. The number of carbonyl (C=O) groups is 1. The Balaban J connectivity index is 1.99. The van der Waals surface area contributed by atoms with Gasteiger partial charge >= 0.3 is 10.1 Å². The molecule has 7 heteroatoms. The molecule has 2 rings (SSSR count). The summed E-state index contributed by atoms with van der Waals surface area (Å²) in [6, 6.07) is 16.7. The maximum Gasteiger partial charge on any atom is 0.306 e. The molecule has 0 radical (unpaired) electrons. The van der Waals surface area contributed by atoms with Gasteiger partial charge in [0.1, 0.15) is 5.75 Å². The lowest BCUT2D eigenvalue weighted by Crippen LogP contribution is -2.32. The van der Waals surface area contributed by atoms with Crippen molar-refractivity contribution in [1.82, 2.24) is 4.90 Å². The molecule has 0 N–H and O–H groups in total. The molecular formula is C21H27NO5S. The van der Waals surface area contributed by atoms with Gasteiger partial charge in [-0.1, -0.05) is 42.5 Å². The molecular weight excluding hydrogens is 378 g/mol. The summed E-state index contributed by atoms with van der Waals surface area (Å²) in [5.74, 6) is 0.337. The van der Waals surface area contributed by atoms with Crippen LogP contribution < -0.4 is 4.18 Å². The molecule has 0 heterocycles. The van der Waals surface area contributed by atoms with E-state index >= 15 is 0 Å². The van der Waals surface area contributed by atoms with E-state index in [1.165, 1.54) is 0 Å². The average Bonchev–Trinajstić information content (AvgIpc) is 2.66. The van der Waals surface area contributed by atoms with Crippen molar-refractivity contribution in [3.8, 4) is 5.75 Å². The molecule has 6 nitrogen and oxygen atoms in total. The van der Waals surface area contributed by atoms with Crippen LogP contribution >= 0.6 is 0 Å². The number of benzene rings is 2. The van der Waals surface area contributed by atoms with Crippen LogP contribution in [0.25, 0.3) is 0 Å². The lowest BCUT2D eigenvalue weighted by molar-refractivity contribution is -0.132. The first-order valence-electron chi connectivity index (χ1n) is 9.16. The monoisotopic (exact) mass is 405 g/mol. The first-order valence-corrected chi connectivity index (χ1v) is 11.0. The third-order valence-corrected chi connectivity index (χ3v) is 4.64. The SMILES string of the molecule is COCCCN(Cc1ccc(OS(C)(=O)=O)cc1)C(=O)CCc1ccccc1. The summed E-state index contributed by atoms with van der Waals surface area (Å²) in [6.07, 6.45) is 2.89. The summed E-state index contributed by atoms with van der Waals surface area (Å²) in [5.41, 5.74) is 2.04. The van der Waals surface area contributed by atoms with Crippen molar-refractivity contribution in [1.29, 1.82) is 0 Å². The van der Waals surface area contributed by atoms with E-state index in [2.05, 4.69) is 0 Å². The Bertz CT molecular complexity index is 835. The van der Waals surface area contributed by atoms with E-state index in [1.807, 2.05) is 35.2 Å². The zero-order valence-corrected chi connectivity index (χ0v) is 17.2. The van der Waals surface area contributed by atoms with E-state index in [4.69, 9.17) is 8.92 Å². The van der Waals surface area contributed by atoms with Gasteiger partial charge in [0, 0.05) is 33.2 Å². The van der Waals surface area contributed by atoms with Crippen LogP contribution in [0.2, 0.25) is 0 Å². The van der Waals surface area contributed by atoms with Gasteiger partial charge in [0.25, 0.3) is 0 Å². The third-order valence-electron chi connectivity index (χ3n) is 4.14. The lowest BCUT2D eigenvalue weighted by Gasteiger charge is -2.23. The molecule has 1 amide bonds. The fourth-order valence-electron chi connectivity index (χ4n) is 2.79. The molecule has 0 unspecified atom stereocenters. The van der Waals surface area contributed by atoms with Crippen LogP contribution in [0.15, 0.2) is 54.6 Å². The molecule has 0 aliphatic rings. The summed E-state index contributed by atoms with van der Waals surface area (Å²) in [4.78, 5) is 14.6. The van der Waals surface area contributed by atoms with Crippen molar-refractivity contribution < 1.29 is 22.1 Å². The molecule has 0 spiro atoms. The highest BCUT2D eigenvalue weighted by Crippen LogP contribution is 2.16. The van der Waals surface area contributed by atoms with Gasteiger partial charge < -0.3 is 13.8 Å². The van der Waals surface area contributed by atoms with Crippen LogP contribution in [0.4, 0.5) is 0 Å². The number of ether oxygens (including phenoxy) is 1. The summed E-state index contributed by atoms with van der Waals surface area (Å²) in [5, 5.41) is 0. The highest BCUT2D eigenvalue weighted by molar-refractivity contribution is 7.86. The minimum atomic E-state index is -3.55. The molecule has 152 valence electrons. The van der Waals surface area contributed by atoms with Gasteiger partial charge in [0.05, 0.1) is 6.26 Å². The Morgan fingerprint density at radius 2 is 1.68 bits per heavy atom. The van der Waals surface area contributed by atoms with E-state index in [1.54, 1.807) is 31.4 Å². The van der Waals surface area contributed by atoms with E-state index in [-0.39, 0.29) is 11.7 Å². The normalized spacial score (nSPS) is 11.2. The summed E-state index contributed by atoms with van der Waals surface area (Å²) in [7, 11) is -1.91. The molecule has 0 aromatic heterocycles. The van der Waals surface area contributed by atoms with Crippen LogP contribution in [-0.2, 0) is 32.6 Å². The third kappa shape index (κ3) is 8.10. The smallest absolute Gasteiger partial charge is 0.306 e. The molecule has 28 heavy (non-hydrogen) atoms. The van der Waals surface area contributed by atoms with Crippen molar-refractivity contribution >= 4 is 16.0 Å². The minimum Gasteiger partial charge on any atom is -0.385 e. The number of amides is 1. The second-order valence-corrected chi connectivity index (χ2v) is 8.15. The van der Waals surface area contributed by atoms with E-state index < -0.39 is 10.1 Å². The van der Waals surface area contributed by atoms with Crippen LogP contribution in [-0.4, -0.2) is 45.7 Å². The molecule has 0 bridgehead atoms. The van der Waals surface area contributed by atoms with Crippen molar-refractivity contribution in [2.24, 2.45) is 0 Å².